The Labute approximate surface area is 205 Å². The van der Waals surface area contributed by atoms with E-state index in [4.69, 9.17) is 0 Å². The van der Waals surface area contributed by atoms with E-state index in [2.05, 4.69) is 137 Å². The molecule has 0 radical (unpaired) electrons. The molecule has 0 amide bonds. The van der Waals surface area contributed by atoms with Crippen LogP contribution in [0.4, 0.5) is 0 Å². The minimum absolute atomic E-state index is 0.640. The maximum atomic E-state index is 2.34. The number of hydrogen-bond acceptors (Lipinski definition) is 0. The molecule has 5 aromatic carbocycles. The van der Waals surface area contributed by atoms with Gasteiger partial charge in [0.15, 0.2) is 0 Å². The molecule has 2 unspecified atom stereocenters. The van der Waals surface area contributed by atoms with Crippen molar-refractivity contribution >= 4 is 21.5 Å². The van der Waals surface area contributed by atoms with Gasteiger partial charge in [-0.1, -0.05) is 125 Å². The monoisotopic (exact) mass is 444 g/mol. The fourth-order valence-corrected chi connectivity index (χ4v) is 4.37. The van der Waals surface area contributed by atoms with E-state index in [0.717, 1.165) is 0 Å². The van der Waals surface area contributed by atoms with E-state index in [1.165, 1.54) is 56.6 Å². The van der Waals surface area contributed by atoms with Gasteiger partial charge in [0.05, 0.1) is 0 Å². The summed E-state index contributed by atoms with van der Waals surface area (Å²) in [5, 5.41) is 5.33. The second-order valence-electron chi connectivity index (χ2n) is 9.41. The highest BCUT2D eigenvalue weighted by molar-refractivity contribution is 5.98. The molecular weight excluding hydrogens is 408 g/mol. The molecule has 5 rings (SSSR count). The van der Waals surface area contributed by atoms with Crippen molar-refractivity contribution in [3.05, 3.63) is 120 Å². The first-order chi connectivity index (χ1) is 16.6. The Morgan fingerprint density at radius 2 is 0.912 bits per heavy atom. The molecular formula is C34H36. The molecule has 172 valence electrons. The van der Waals surface area contributed by atoms with Crippen molar-refractivity contribution in [2.45, 2.75) is 52.4 Å². The van der Waals surface area contributed by atoms with Crippen molar-refractivity contribution in [1.82, 2.24) is 0 Å². The highest BCUT2D eigenvalue weighted by Gasteiger charge is 2.05. The van der Waals surface area contributed by atoms with Gasteiger partial charge in [-0.25, -0.2) is 0 Å². The lowest BCUT2D eigenvalue weighted by Gasteiger charge is -2.10. The third-order valence-electron chi connectivity index (χ3n) is 7.11. The predicted molar refractivity (Wildman–Crippen MR) is 151 cm³/mol. The topological polar surface area (TPSA) is 0 Å². The average Bonchev–Trinajstić information content (AvgIpc) is 2.91. The van der Waals surface area contributed by atoms with Crippen molar-refractivity contribution in [1.29, 1.82) is 0 Å². The van der Waals surface area contributed by atoms with Crippen molar-refractivity contribution in [3.8, 4) is 11.1 Å². The second kappa shape index (κ2) is 11.2. The Morgan fingerprint density at radius 3 is 1.53 bits per heavy atom. The highest BCUT2D eigenvalue weighted by Crippen LogP contribution is 2.27. The van der Waals surface area contributed by atoms with E-state index in [1.807, 2.05) is 0 Å². The molecule has 0 aliphatic rings. The normalized spacial score (nSPS) is 12.7. The van der Waals surface area contributed by atoms with Gasteiger partial charge in [0.2, 0.25) is 0 Å². The van der Waals surface area contributed by atoms with Crippen LogP contribution in [-0.4, -0.2) is 0 Å². The van der Waals surface area contributed by atoms with Crippen LogP contribution in [0.1, 0.15) is 63.5 Å². The maximum absolute atomic E-state index is 2.34. The molecule has 0 aromatic heterocycles. The standard InChI is InChI=1S/C18H18.C16H18/c1-3-13(2)14-8-9-17-11-15-6-4-5-7-16(15)12-18(17)10-14;1-3-13(2)14-9-11-16(12-10-14)15-7-5-4-6-8-15/h4-13H,3H2,1-2H3;4-13H,3H2,1-2H3. The molecule has 0 fully saturated rings. The van der Waals surface area contributed by atoms with E-state index in [-0.39, 0.29) is 0 Å². The van der Waals surface area contributed by atoms with Crippen LogP contribution in [0.15, 0.2) is 109 Å². The molecule has 0 heteroatoms. The lowest BCUT2D eigenvalue weighted by molar-refractivity contribution is 0.734. The van der Waals surface area contributed by atoms with Crippen molar-refractivity contribution in [2.75, 3.05) is 0 Å². The maximum Gasteiger partial charge on any atom is -0.0175 e. The predicted octanol–water partition coefficient (Wildman–Crippen LogP) is 10.4. The summed E-state index contributed by atoms with van der Waals surface area (Å²) in [5.74, 6) is 1.30. The molecule has 0 spiro atoms. The van der Waals surface area contributed by atoms with Gasteiger partial charge in [-0.05, 0) is 80.6 Å². The van der Waals surface area contributed by atoms with Crippen LogP contribution in [-0.2, 0) is 0 Å². The van der Waals surface area contributed by atoms with Gasteiger partial charge in [0, 0.05) is 0 Å². The van der Waals surface area contributed by atoms with E-state index < -0.39 is 0 Å². The zero-order chi connectivity index (χ0) is 23.9. The summed E-state index contributed by atoms with van der Waals surface area (Å²) in [4.78, 5) is 0. The van der Waals surface area contributed by atoms with Crippen LogP contribution in [0, 0.1) is 0 Å². The summed E-state index contributed by atoms with van der Waals surface area (Å²) in [7, 11) is 0. The Balaban J connectivity index is 0.000000162. The zero-order valence-electron chi connectivity index (χ0n) is 21.0. The number of hydrogen-bond donors (Lipinski definition) is 0. The van der Waals surface area contributed by atoms with Gasteiger partial charge in [0.25, 0.3) is 0 Å². The Kier molecular flexibility index (Phi) is 7.80. The minimum Gasteiger partial charge on any atom is -0.0648 e. The molecule has 0 saturated heterocycles. The van der Waals surface area contributed by atoms with Crippen LogP contribution >= 0.6 is 0 Å². The third kappa shape index (κ3) is 5.57. The molecule has 0 heterocycles. The minimum atomic E-state index is 0.640. The summed E-state index contributed by atoms with van der Waals surface area (Å²) in [6.45, 7) is 9.05. The Bertz CT molecular complexity index is 1330. The van der Waals surface area contributed by atoms with E-state index in [1.54, 1.807) is 0 Å². The quantitative estimate of drug-likeness (QED) is 0.236. The molecule has 0 N–H and O–H groups in total. The summed E-state index contributed by atoms with van der Waals surface area (Å²) in [5.41, 5.74) is 5.47. The Morgan fingerprint density at radius 1 is 0.441 bits per heavy atom. The smallest absolute Gasteiger partial charge is 0.0175 e. The van der Waals surface area contributed by atoms with Crippen LogP contribution in [0.25, 0.3) is 32.7 Å². The highest BCUT2D eigenvalue weighted by atomic mass is 14.1. The zero-order valence-corrected chi connectivity index (χ0v) is 21.0. The van der Waals surface area contributed by atoms with E-state index >= 15 is 0 Å². The van der Waals surface area contributed by atoms with Crippen molar-refractivity contribution in [2.24, 2.45) is 0 Å². The van der Waals surface area contributed by atoms with Gasteiger partial charge in [-0.3, -0.25) is 0 Å². The van der Waals surface area contributed by atoms with Crippen molar-refractivity contribution in [3.63, 3.8) is 0 Å². The number of rotatable bonds is 5. The first-order valence-corrected chi connectivity index (χ1v) is 12.7. The molecule has 34 heavy (non-hydrogen) atoms. The molecule has 0 nitrogen and oxygen atoms in total. The molecule has 0 saturated carbocycles. The molecule has 0 aliphatic heterocycles. The van der Waals surface area contributed by atoms with Crippen LogP contribution in [0.5, 0.6) is 0 Å². The van der Waals surface area contributed by atoms with Gasteiger partial charge >= 0.3 is 0 Å². The first-order valence-electron chi connectivity index (χ1n) is 12.7. The summed E-state index contributed by atoms with van der Waals surface area (Å²) in [6.07, 6.45) is 2.39. The lowest BCUT2D eigenvalue weighted by Crippen LogP contribution is -1.90. The third-order valence-corrected chi connectivity index (χ3v) is 7.11. The van der Waals surface area contributed by atoms with E-state index in [0.29, 0.717) is 11.8 Å². The largest absolute Gasteiger partial charge is 0.0648 e. The number of benzene rings is 5. The van der Waals surface area contributed by atoms with Crippen LogP contribution < -0.4 is 0 Å². The average molecular weight is 445 g/mol. The number of fused-ring (bicyclic) bond motifs is 2. The summed E-state index contributed by atoms with van der Waals surface area (Å²) in [6, 6.07) is 39.5. The Hall–Kier alpha value is -3.38. The van der Waals surface area contributed by atoms with E-state index in [9.17, 15) is 0 Å². The molecule has 0 bridgehead atoms. The van der Waals surface area contributed by atoms with Gasteiger partial charge < -0.3 is 0 Å². The summed E-state index contributed by atoms with van der Waals surface area (Å²) < 4.78 is 0. The fourth-order valence-electron chi connectivity index (χ4n) is 4.37. The van der Waals surface area contributed by atoms with Gasteiger partial charge in [0.1, 0.15) is 0 Å². The van der Waals surface area contributed by atoms with Gasteiger partial charge in [-0.15, -0.1) is 0 Å². The SMILES string of the molecule is CCC(C)c1ccc(-c2ccccc2)cc1.CCC(C)c1ccc2cc3ccccc3cc2c1. The van der Waals surface area contributed by atoms with Gasteiger partial charge in [-0.2, -0.15) is 0 Å². The van der Waals surface area contributed by atoms with Crippen LogP contribution in [0.2, 0.25) is 0 Å². The summed E-state index contributed by atoms with van der Waals surface area (Å²) >= 11 is 0. The van der Waals surface area contributed by atoms with Crippen molar-refractivity contribution < 1.29 is 0 Å². The first kappa shape index (κ1) is 23.8. The molecule has 2 atom stereocenters. The van der Waals surface area contributed by atoms with Crippen LogP contribution in [0.3, 0.4) is 0 Å². The molecule has 5 aromatic rings. The second-order valence-corrected chi connectivity index (χ2v) is 9.41. The molecule has 0 aliphatic carbocycles. The fraction of sp³-hybridized carbons (Fsp3) is 0.235. The lowest BCUT2D eigenvalue weighted by atomic mass is 9.95.